The van der Waals surface area contributed by atoms with Crippen molar-refractivity contribution >= 4 is 0 Å². The van der Waals surface area contributed by atoms with Crippen molar-refractivity contribution in [3.63, 3.8) is 0 Å². The van der Waals surface area contributed by atoms with Crippen molar-refractivity contribution in [3.8, 4) is 0 Å². The smallest absolute Gasteiger partial charge is 0.103 e. The quantitative estimate of drug-likeness (QED) is 0.789. The normalized spacial score (nSPS) is 29.2. The number of aryl methyl sites for hydroxylation is 1. The van der Waals surface area contributed by atoms with Gasteiger partial charge in [-0.25, -0.2) is 0 Å². The number of fused-ring (bicyclic) bond motifs is 1. The fourth-order valence-corrected chi connectivity index (χ4v) is 3.07. The lowest BCUT2D eigenvalue weighted by Gasteiger charge is -2.34. The van der Waals surface area contributed by atoms with Crippen molar-refractivity contribution in [2.45, 2.75) is 18.4 Å². The number of nitrogens with zero attached hydrogens (tertiary/aromatic N) is 1. The molecule has 1 heterocycles. The molecule has 1 aromatic carbocycles. The lowest BCUT2D eigenvalue weighted by Crippen LogP contribution is -2.48. The van der Waals surface area contributed by atoms with E-state index in [9.17, 15) is 5.11 Å². The molecule has 3 rings (SSSR count). The molecule has 1 fully saturated rings. The summed E-state index contributed by atoms with van der Waals surface area (Å²) in [6.07, 6.45) is 1.88. The second-order valence-corrected chi connectivity index (χ2v) is 5.21. The maximum absolute atomic E-state index is 10.8. The van der Waals surface area contributed by atoms with Crippen LogP contribution in [-0.2, 0) is 12.0 Å². The highest BCUT2D eigenvalue weighted by atomic mass is 16.3. The number of β-amino-alcohol motifs (C(OH)–C–C–N with tert-alkyl or cyclic N) is 1. The Bertz CT molecular complexity index is 401. The van der Waals surface area contributed by atoms with E-state index in [1.807, 2.05) is 6.07 Å². The van der Waals surface area contributed by atoms with E-state index < -0.39 is 5.60 Å². The van der Waals surface area contributed by atoms with Crippen LogP contribution >= 0.6 is 0 Å². The molecule has 1 saturated heterocycles. The van der Waals surface area contributed by atoms with Gasteiger partial charge in [-0.15, -0.1) is 0 Å². The average Bonchev–Trinajstić information content (AvgIpc) is 2.69. The van der Waals surface area contributed by atoms with Gasteiger partial charge in [0.1, 0.15) is 5.60 Å². The molecule has 2 aliphatic rings. The third kappa shape index (κ3) is 2.10. The minimum absolute atomic E-state index is 0.617. The largest absolute Gasteiger partial charge is 0.384 e. The molecule has 0 spiro atoms. The Hall–Kier alpha value is -0.900. The minimum Gasteiger partial charge on any atom is -0.384 e. The van der Waals surface area contributed by atoms with E-state index in [4.69, 9.17) is 0 Å². The van der Waals surface area contributed by atoms with Crippen LogP contribution in [0.4, 0.5) is 0 Å². The Kier molecular flexibility index (Phi) is 2.90. The summed E-state index contributed by atoms with van der Waals surface area (Å²) >= 11 is 0. The lowest BCUT2D eigenvalue weighted by atomic mass is 9.95. The summed E-state index contributed by atoms with van der Waals surface area (Å²) in [5, 5.41) is 14.2. The first kappa shape index (κ1) is 11.2. The number of aliphatic hydroxyl groups is 1. The molecule has 3 heteroatoms. The van der Waals surface area contributed by atoms with Gasteiger partial charge in [0.25, 0.3) is 0 Å². The Balaban J connectivity index is 1.78. The monoisotopic (exact) mass is 232 g/mol. The van der Waals surface area contributed by atoms with Crippen LogP contribution in [0.1, 0.15) is 17.5 Å². The third-order valence-corrected chi connectivity index (χ3v) is 4.02. The molecular formula is C14H20N2O. The van der Waals surface area contributed by atoms with Crippen LogP contribution < -0.4 is 5.32 Å². The van der Waals surface area contributed by atoms with Gasteiger partial charge in [0.15, 0.2) is 0 Å². The summed E-state index contributed by atoms with van der Waals surface area (Å²) in [4.78, 5) is 2.37. The summed E-state index contributed by atoms with van der Waals surface area (Å²) in [6.45, 7) is 4.95. The van der Waals surface area contributed by atoms with E-state index in [1.54, 1.807) is 0 Å². The molecule has 1 atom stereocenters. The Morgan fingerprint density at radius 3 is 2.82 bits per heavy atom. The minimum atomic E-state index is -0.617. The van der Waals surface area contributed by atoms with Crippen LogP contribution in [-0.4, -0.2) is 42.7 Å². The van der Waals surface area contributed by atoms with Gasteiger partial charge in [0.2, 0.25) is 0 Å². The standard InChI is InChI=1S/C14H20N2O/c17-14(11-16-9-7-15-8-10-16)6-5-12-3-1-2-4-13(12)14/h1-4,15,17H,5-11H2. The van der Waals surface area contributed by atoms with E-state index >= 15 is 0 Å². The summed E-state index contributed by atoms with van der Waals surface area (Å²) in [6, 6.07) is 8.33. The van der Waals surface area contributed by atoms with Crippen molar-refractivity contribution in [2.75, 3.05) is 32.7 Å². The molecule has 17 heavy (non-hydrogen) atoms. The van der Waals surface area contributed by atoms with Gasteiger partial charge in [-0.2, -0.15) is 0 Å². The number of hydrogen-bond acceptors (Lipinski definition) is 3. The van der Waals surface area contributed by atoms with Crippen molar-refractivity contribution in [2.24, 2.45) is 0 Å². The van der Waals surface area contributed by atoms with Crippen LogP contribution in [0, 0.1) is 0 Å². The molecule has 1 unspecified atom stereocenters. The summed E-state index contributed by atoms with van der Waals surface area (Å²) in [5.41, 5.74) is 1.86. The Morgan fingerprint density at radius 1 is 1.24 bits per heavy atom. The molecule has 0 amide bonds. The first-order valence-corrected chi connectivity index (χ1v) is 6.52. The first-order chi connectivity index (χ1) is 8.28. The van der Waals surface area contributed by atoms with Gasteiger partial charge in [-0.05, 0) is 24.0 Å². The molecule has 0 aromatic heterocycles. The zero-order chi connectivity index (χ0) is 11.7. The summed E-state index contributed by atoms with van der Waals surface area (Å²) in [5.74, 6) is 0. The van der Waals surface area contributed by atoms with Crippen molar-refractivity contribution in [3.05, 3.63) is 35.4 Å². The van der Waals surface area contributed by atoms with Gasteiger partial charge < -0.3 is 10.4 Å². The van der Waals surface area contributed by atoms with Crippen LogP contribution in [0.2, 0.25) is 0 Å². The molecule has 0 radical (unpaired) electrons. The van der Waals surface area contributed by atoms with Gasteiger partial charge >= 0.3 is 0 Å². The van der Waals surface area contributed by atoms with Gasteiger partial charge in [-0.3, -0.25) is 4.90 Å². The molecule has 1 aliphatic carbocycles. The van der Waals surface area contributed by atoms with Gasteiger partial charge in [-0.1, -0.05) is 24.3 Å². The predicted octanol–water partition coefficient (Wildman–Crippen LogP) is 0.726. The van der Waals surface area contributed by atoms with E-state index in [1.165, 1.54) is 5.56 Å². The van der Waals surface area contributed by atoms with Gasteiger partial charge in [0.05, 0.1) is 0 Å². The van der Waals surface area contributed by atoms with Crippen LogP contribution in [0.3, 0.4) is 0 Å². The zero-order valence-corrected chi connectivity index (χ0v) is 10.2. The molecule has 0 saturated carbocycles. The predicted molar refractivity (Wildman–Crippen MR) is 68.0 cm³/mol. The molecule has 1 aromatic rings. The van der Waals surface area contributed by atoms with E-state index in [-0.39, 0.29) is 0 Å². The number of piperazine rings is 1. The number of hydrogen-bond donors (Lipinski definition) is 2. The third-order valence-electron chi connectivity index (χ3n) is 4.02. The zero-order valence-electron chi connectivity index (χ0n) is 10.2. The van der Waals surface area contributed by atoms with Crippen LogP contribution in [0.15, 0.2) is 24.3 Å². The van der Waals surface area contributed by atoms with Crippen molar-refractivity contribution in [1.82, 2.24) is 10.2 Å². The molecule has 3 nitrogen and oxygen atoms in total. The second kappa shape index (κ2) is 4.41. The molecule has 1 aliphatic heterocycles. The van der Waals surface area contributed by atoms with E-state index in [0.29, 0.717) is 0 Å². The highest BCUT2D eigenvalue weighted by Gasteiger charge is 2.37. The molecule has 2 N–H and O–H groups in total. The maximum atomic E-state index is 10.8. The number of nitrogens with one attached hydrogen (secondary N) is 1. The van der Waals surface area contributed by atoms with E-state index in [2.05, 4.69) is 28.4 Å². The molecule has 92 valence electrons. The highest BCUT2D eigenvalue weighted by molar-refractivity contribution is 5.37. The molecular weight excluding hydrogens is 212 g/mol. The lowest BCUT2D eigenvalue weighted by molar-refractivity contribution is -0.00230. The van der Waals surface area contributed by atoms with Crippen LogP contribution in [0.25, 0.3) is 0 Å². The van der Waals surface area contributed by atoms with Crippen molar-refractivity contribution < 1.29 is 5.11 Å². The number of benzene rings is 1. The van der Waals surface area contributed by atoms with Gasteiger partial charge in [0, 0.05) is 32.7 Å². The van der Waals surface area contributed by atoms with Crippen LogP contribution in [0.5, 0.6) is 0 Å². The SMILES string of the molecule is OC1(CN2CCNCC2)CCc2ccccc21. The number of rotatable bonds is 2. The first-order valence-electron chi connectivity index (χ1n) is 6.52. The topological polar surface area (TPSA) is 35.5 Å². The van der Waals surface area contributed by atoms with Crippen molar-refractivity contribution in [1.29, 1.82) is 0 Å². The fourth-order valence-electron chi connectivity index (χ4n) is 3.07. The highest BCUT2D eigenvalue weighted by Crippen LogP contribution is 2.37. The second-order valence-electron chi connectivity index (χ2n) is 5.21. The molecule has 0 bridgehead atoms. The maximum Gasteiger partial charge on any atom is 0.103 e. The van der Waals surface area contributed by atoms with E-state index in [0.717, 1.165) is 51.1 Å². The summed E-state index contributed by atoms with van der Waals surface area (Å²) in [7, 11) is 0. The fraction of sp³-hybridized carbons (Fsp3) is 0.571. The summed E-state index contributed by atoms with van der Waals surface area (Å²) < 4.78 is 0. The average molecular weight is 232 g/mol. The Morgan fingerprint density at radius 2 is 2.00 bits per heavy atom. The Labute approximate surface area is 102 Å².